The quantitative estimate of drug-likeness (QED) is 0.723. The molecular weight excluding hydrogens is 336 g/mol. The summed E-state index contributed by atoms with van der Waals surface area (Å²) >= 11 is 0. The second kappa shape index (κ2) is 5.96. The molecule has 1 N–H and O–H groups in total. The number of nitrogens with one attached hydrogen (secondary N) is 1. The first-order chi connectivity index (χ1) is 13.2. The van der Waals surface area contributed by atoms with Gasteiger partial charge in [-0.15, -0.1) is 0 Å². The van der Waals surface area contributed by atoms with Crippen LogP contribution < -0.4 is 10.2 Å². The standard InChI is InChI=1S/C23H20N2O2/c1-25-21-11-5-4-10-19(21)23(22(25)26)13-12-20(17-8-2-3-9-18(17)23)24-15-16-7-6-14-27-16/h2-14,20,24H,15H2,1H3/t20-,23+/m1/s1. The summed E-state index contributed by atoms with van der Waals surface area (Å²) in [5.41, 5.74) is 3.45. The number of carbonyl (C=O) groups is 1. The molecule has 2 atom stereocenters. The highest BCUT2D eigenvalue weighted by Gasteiger charge is 2.51. The number of hydrogen-bond donors (Lipinski definition) is 1. The van der Waals surface area contributed by atoms with E-state index < -0.39 is 5.41 Å². The molecule has 5 rings (SSSR count). The third-order valence-corrected chi connectivity index (χ3v) is 5.67. The zero-order valence-corrected chi connectivity index (χ0v) is 15.1. The number of carbonyl (C=O) groups excluding carboxylic acids is 1. The van der Waals surface area contributed by atoms with Gasteiger partial charge in [-0.2, -0.15) is 0 Å². The van der Waals surface area contributed by atoms with Crippen LogP contribution in [0.25, 0.3) is 0 Å². The second-order valence-corrected chi connectivity index (χ2v) is 7.07. The molecule has 0 saturated carbocycles. The van der Waals surface area contributed by atoms with E-state index >= 15 is 0 Å². The lowest BCUT2D eigenvalue weighted by Gasteiger charge is -2.34. The van der Waals surface area contributed by atoms with Crippen LogP contribution in [0, 0.1) is 0 Å². The van der Waals surface area contributed by atoms with E-state index in [0.717, 1.165) is 28.1 Å². The summed E-state index contributed by atoms with van der Waals surface area (Å²) < 4.78 is 5.44. The van der Waals surface area contributed by atoms with E-state index in [-0.39, 0.29) is 11.9 Å². The summed E-state index contributed by atoms with van der Waals surface area (Å²) in [6.45, 7) is 0.633. The van der Waals surface area contributed by atoms with Crippen LogP contribution in [-0.4, -0.2) is 13.0 Å². The normalized spacial score (nSPS) is 22.9. The van der Waals surface area contributed by atoms with E-state index in [2.05, 4.69) is 35.7 Å². The Morgan fingerprint density at radius 2 is 1.81 bits per heavy atom. The molecule has 1 aliphatic heterocycles. The molecule has 2 heterocycles. The average molecular weight is 356 g/mol. The van der Waals surface area contributed by atoms with Crippen molar-refractivity contribution in [3.8, 4) is 0 Å². The van der Waals surface area contributed by atoms with Crippen LogP contribution in [0.3, 0.4) is 0 Å². The van der Waals surface area contributed by atoms with E-state index in [0.29, 0.717) is 6.54 Å². The molecule has 3 aromatic rings. The van der Waals surface area contributed by atoms with Crippen molar-refractivity contribution in [1.29, 1.82) is 0 Å². The Balaban J connectivity index is 1.61. The van der Waals surface area contributed by atoms with Crippen LogP contribution in [0.5, 0.6) is 0 Å². The maximum absolute atomic E-state index is 13.4. The number of nitrogens with zero attached hydrogens (tertiary/aromatic N) is 1. The highest BCUT2D eigenvalue weighted by atomic mass is 16.3. The molecule has 0 fully saturated rings. The van der Waals surface area contributed by atoms with Gasteiger partial charge >= 0.3 is 0 Å². The van der Waals surface area contributed by atoms with Gasteiger partial charge in [-0.1, -0.05) is 54.6 Å². The number of rotatable bonds is 3. The maximum Gasteiger partial charge on any atom is 0.245 e. The van der Waals surface area contributed by atoms with Crippen molar-refractivity contribution in [2.45, 2.75) is 18.0 Å². The number of likely N-dealkylation sites (N-methyl/N-ethyl adjacent to an activating group) is 1. The topological polar surface area (TPSA) is 45.5 Å². The predicted octanol–water partition coefficient (Wildman–Crippen LogP) is 3.94. The van der Waals surface area contributed by atoms with Crippen molar-refractivity contribution in [2.75, 3.05) is 11.9 Å². The molecule has 0 saturated heterocycles. The van der Waals surface area contributed by atoms with Crippen molar-refractivity contribution in [3.05, 3.63) is 102 Å². The molecule has 2 aromatic carbocycles. The molecule has 27 heavy (non-hydrogen) atoms. The third-order valence-electron chi connectivity index (χ3n) is 5.67. The van der Waals surface area contributed by atoms with Gasteiger partial charge in [0.15, 0.2) is 0 Å². The minimum Gasteiger partial charge on any atom is -0.468 e. The van der Waals surface area contributed by atoms with Crippen molar-refractivity contribution in [3.63, 3.8) is 0 Å². The number of para-hydroxylation sites is 1. The second-order valence-electron chi connectivity index (χ2n) is 7.07. The van der Waals surface area contributed by atoms with Crippen molar-refractivity contribution in [1.82, 2.24) is 5.32 Å². The van der Waals surface area contributed by atoms with E-state index in [4.69, 9.17) is 4.42 Å². The monoisotopic (exact) mass is 356 g/mol. The lowest BCUT2D eigenvalue weighted by atomic mass is 9.69. The zero-order chi connectivity index (χ0) is 18.4. The Labute approximate surface area is 158 Å². The molecule has 4 nitrogen and oxygen atoms in total. The van der Waals surface area contributed by atoms with Crippen LogP contribution in [0.2, 0.25) is 0 Å². The zero-order valence-electron chi connectivity index (χ0n) is 15.1. The molecule has 0 radical (unpaired) electrons. The molecule has 4 heteroatoms. The van der Waals surface area contributed by atoms with Crippen LogP contribution >= 0.6 is 0 Å². The summed E-state index contributed by atoms with van der Waals surface area (Å²) in [4.78, 5) is 15.2. The maximum atomic E-state index is 13.4. The smallest absolute Gasteiger partial charge is 0.245 e. The Morgan fingerprint density at radius 3 is 2.63 bits per heavy atom. The van der Waals surface area contributed by atoms with E-state index in [1.165, 1.54) is 0 Å². The van der Waals surface area contributed by atoms with E-state index in [1.54, 1.807) is 11.2 Å². The van der Waals surface area contributed by atoms with Gasteiger partial charge in [0, 0.05) is 12.7 Å². The van der Waals surface area contributed by atoms with Gasteiger partial charge in [-0.25, -0.2) is 0 Å². The first kappa shape index (κ1) is 16.1. The Bertz CT molecular complexity index is 1040. The minimum absolute atomic E-state index is 0.0304. The minimum atomic E-state index is -0.745. The average Bonchev–Trinajstić information content (AvgIpc) is 3.31. The fraction of sp³-hybridized carbons (Fsp3) is 0.174. The van der Waals surface area contributed by atoms with Gasteiger partial charge in [0.2, 0.25) is 5.91 Å². The number of benzene rings is 2. The molecule has 1 aromatic heterocycles. The highest BCUT2D eigenvalue weighted by Crippen LogP contribution is 2.50. The van der Waals surface area contributed by atoms with Gasteiger partial charge in [-0.3, -0.25) is 10.1 Å². The van der Waals surface area contributed by atoms with Crippen LogP contribution in [0.15, 0.2) is 83.5 Å². The lowest BCUT2D eigenvalue weighted by molar-refractivity contribution is -0.120. The largest absolute Gasteiger partial charge is 0.468 e. The molecule has 0 unspecified atom stereocenters. The summed E-state index contributed by atoms with van der Waals surface area (Å²) in [7, 11) is 1.85. The molecule has 1 amide bonds. The molecule has 134 valence electrons. The van der Waals surface area contributed by atoms with Gasteiger partial charge in [0.25, 0.3) is 0 Å². The molecule has 1 spiro atoms. The van der Waals surface area contributed by atoms with Gasteiger partial charge in [0.1, 0.15) is 11.2 Å². The number of hydrogen-bond acceptors (Lipinski definition) is 3. The van der Waals surface area contributed by atoms with E-state index in [9.17, 15) is 4.79 Å². The fourth-order valence-corrected chi connectivity index (χ4v) is 4.37. The summed E-state index contributed by atoms with van der Waals surface area (Å²) in [6, 6.07) is 20.2. The first-order valence-corrected chi connectivity index (χ1v) is 9.14. The van der Waals surface area contributed by atoms with Gasteiger partial charge < -0.3 is 9.32 Å². The van der Waals surface area contributed by atoms with Crippen LogP contribution in [-0.2, 0) is 16.8 Å². The van der Waals surface area contributed by atoms with Crippen molar-refractivity contribution in [2.24, 2.45) is 0 Å². The Morgan fingerprint density at radius 1 is 1.04 bits per heavy atom. The number of amides is 1. The molecule has 1 aliphatic carbocycles. The fourth-order valence-electron chi connectivity index (χ4n) is 4.37. The summed E-state index contributed by atoms with van der Waals surface area (Å²) in [5, 5.41) is 3.53. The highest BCUT2D eigenvalue weighted by molar-refractivity contribution is 6.12. The van der Waals surface area contributed by atoms with Crippen molar-refractivity contribution < 1.29 is 9.21 Å². The Hall–Kier alpha value is -3.11. The first-order valence-electron chi connectivity index (χ1n) is 9.14. The number of fused-ring (bicyclic) bond motifs is 4. The Kier molecular flexibility index (Phi) is 3.55. The molecule has 2 aliphatic rings. The van der Waals surface area contributed by atoms with Crippen LogP contribution in [0.4, 0.5) is 5.69 Å². The van der Waals surface area contributed by atoms with Gasteiger partial charge in [0.05, 0.1) is 18.8 Å². The number of furan rings is 1. The van der Waals surface area contributed by atoms with Gasteiger partial charge in [-0.05, 0) is 34.9 Å². The SMILES string of the molecule is CN1C(=O)[C@]2(C=C[C@@H](NCc3ccco3)c3ccccc32)c2ccccc21. The summed E-state index contributed by atoms with van der Waals surface area (Å²) in [6.07, 6.45) is 5.86. The molecular formula is C23H20N2O2. The summed E-state index contributed by atoms with van der Waals surface area (Å²) in [5.74, 6) is 0.986. The van der Waals surface area contributed by atoms with Crippen LogP contribution in [0.1, 0.15) is 28.5 Å². The molecule has 0 bridgehead atoms. The number of anilines is 1. The third kappa shape index (κ3) is 2.23. The lowest BCUT2D eigenvalue weighted by Crippen LogP contribution is -2.41. The van der Waals surface area contributed by atoms with Crippen molar-refractivity contribution >= 4 is 11.6 Å². The predicted molar refractivity (Wildman–Crippen MR) is 105 cm³/mol. The van der Waals surface area contributed by atoms with E-state index in [1.807, 2.05) is 49.5 Å².